The number of hydrogen-bond donors (Lipinski definition) is 1. The number of nitrogens with one attached hydrogen (secondary N) is 1. The predicted octanol–water partition coefficient (Wildman–Crippen LogP) is 1.86. The van der Waals surface area contributed by atoms with Gasteiger partial charge in [-0.05, 0) is 18.7 Å². The third-order valence-electron chi connectivity index (χ3n) is 2.90. The van der Waals surface area contributed by atoms with Crippen molar-refractivity contribution in [2.45, 2.75) is 20.0 Å². The van der Waals surface area contributed by atoms with Gasteiger partial charge in [0.05, 0.1) is 0 Å². The molecule has 2 rings (SSSR count). The maximum Gasteiger partial charge on any atom is 0.268 e. The highest BCUT2D eigenvalue weighted by molar-refractivity contribution is 5.96. The second-order valence-corrected chi connectivity index (χ2v) is 3.68. The number of benzene rings is 1. The first-order chi connectivity index (χ1) is 8.16. The van der Waals surface area contributed by atoms with Gasteiger partial charge >= 0.3 is 0 Å². The fraction of sp³-hybridized carbons (Fsp3) is 0.462. The number of carbonyl (C=O) groups excluding carboxylic acids is 1. The van der Waals surface area contributed by atoms with Crippen LogP contribution >= 0.6 is 0 Å². The Morgan fingerprint density at radius 1 is 1.18 bits per heavy atom. The molecule has 4 heteroatoms. The number of fused-ring (bicyclic) bond motifs is 1. The van der Waals surface area contributed by atoms with Crippen molar-refractivity contribution in [2.75, 3.05) is 21.1 Å². The third kappa shape index (κ3) is 2.33. The van der Waals surface area contributed by atoms with Crippen LogP contribution in [0.5, 0.6) is 0 Å². The molecule has 1 unspecified atom stereocenters. The quantitative estimate of drug-likeness (QED) is 0.807. The SMILES string of the molecule is CC.CNC1c2ccccc2C(=O)N(C)N1C. The summed E-state index contributed by atoms with van der Waals surface area (Å²) in [5.41, 5.74) is 1.81. The summed E-state index contributed by atoms with van der Waals surface area (Å²) >= 11 is 0. The van der Waals surface area contributed by atoms with E-state index in [2.05, 4.69) is 5.32 Å². The highest BCUT2D eigenvalue weighted by Crippen LogP contribution is 2.27. The average molecular weight is 235 g/mol. The molecule has 0 aromatic heterocycles. The molecule has 0 spiro atoms. The van der Waals surface area contributed by atoms with Gasteiger partial charge in [0.1, 0.15) is 6.17 Å². The van der Waals surface area contributed by atoms with E-state index in [1.54, 1.807) is 12.1 Å². The second kappa shape index (κ2) is 5.80. The van der Waals surface area contributed by atoms with Gasteiger partial charge < -0.3 is 0 Å². The van der Waals surface area contributed by atoms with Gasteiger partial charge in [-0.25, -0.2) is 5.01 Å². The predicted molar refractivity (Wildman–Crippen MR) is 69.4 cm³/mol. The van der Waals surface area contributed by atoms with Gasteiger partial charge in [0.15, 0.2) is 0 Å². The zero-order valence-electron chi connectivity index (χ0n) is 11.2. The number of amides is 1. The van der Waals surface area contributed by atoms with E-state index in [0.29, 0.717) is 0 Å². The first kappa shape index (κ1) is 13.7. The van der Waals surface area contributed by atoms with Crippen LogP contribution in [0.1, 0.15) is 35.9 Å². The van der Waals surface area contributed by atoms with Crippen LogP contribution < -0.4 is 5.32 Å². The van der Waals surface area contributed by atoms with Crippen LogP contribution in [-0.4, -0.2) is 37.1 Å². The van der Waals surface area contributed by atoms with Crippen molar-refractivity contribution in [3.8, 4) is 0 Å². The lowest BCUT2D eigenvalue weighted by Gasteiger charge is -2.40. The van der Waals surface area contributed by atoms with Crippen LogP contribution in [0.15, 0.2) is 24.3 Å². The Bertz CT molecular complexity index is 392. The van der Waals surface area contributed by atoms with E-state index in [0.717, 1.165) is 11.1 Å². The topological polar surface area (TPSA) is 35.6 Å². The lowest BCUT2D eigenvalue weighted by atomic mass is 10.0. The van der Waals surface area contributed by atoms with E-state index in [-0.39, 0.29) is 12.1 Å². The molecule has 4 nitrogen and oxygen atoms in total. The van der Waals surface area contributed by atoms with Crippen LogP contribution in [-0.2, 0) is 0 Å². The highest BCUT2D eigenvalue weighted by atomic mass is 16.2. The minimum Gasteiger partial charge on any atom is -0.300 e. The van der Waals surface area contributed by atoms with Crippen LogP contribution in [0.25, 0.3) is 0 Å². The number of hydrogen-bond acceptors (Lipinski definition) is 3. The van der Waals surface area contributed by atoms with Gasteiger partial charge in [-0.2, -0.15) is 0 Å². The van der Waals surface area contributed by atoms with E-state index in [9.17, 15) is 4.79 Å². The van der Waals surface area contributed by atoms with Crippen LogP contribution in [0.3, 0.4) is 0 Å². The molecule has 1 heterocycles. The molecule has 1 aromatic rings. The molecule has 0 aliphatic carbocycles. The fourth-order valence-corrected chi connectivity index (χ4v) is 1.96. The maximum absolute atomic E-state index is 11.9. The molecule has 1 aliphatic heterocycles. The molecular formula is C13H21N3O. The zero-order chi connectivity index (χ0) is 13.0. The second-order valence-electron chi connectivity index (χ2n) is 3.68. The summed E-state index contributed by atoms with van der Waals surface area (Å²) in [7, 11) is 5.57. The fourth-order valence-electron chi connectivity index (χ4n) is 1.96. The Hall–Kier alpha value is -1.39. The first-order valence-corrected chi connectivity index (χ1v) is 5.94. The molecule has 0 saturated heterocycles. The summed E-state index contributed by atoms with van der Waals surface area (Å²) in [6.07, 6.45) is 0.0592. The zero-order valence-corrected chi connectivity index (χ0v) is 11.2. The Kier molecular flexibility index (Phi) is 4.66. The minimum absolute atomic E-state index is 0.0413. The largest absolute Gasteiger partial charge is 0.300 e. The molecule has 0 radical (unpaired) electrons. The van der Waals surface area contributed by atoms with Crippen molar-refractivity contribution in [2.24, 2.45) is 0 Å². The molecule has 94 valence electrons. The van der Waals surface area contributed by atoms with E-state index in [4.69, 9.17) is 0 Å². The number of nitrogens with zero attached hydrogens (tertiary/aromatic N) is 2. The van der Waals surface area contributed by atoms with Crippen LogP contribution in [0, 0.1) is 0 Å². The maximum atomic E-state index is 11.9. The molecular weight excluding hydrogens is 214 g/mol. The molecule has 1 atom stereocenters. The van der Waals surface area contributed by atoms with E-state index >= 15 is 0 Å². The van der Waals surface area contributed by atoms with E-state index in [1.807, 2.05) is 57.2 Å². The third-order valence-corrected chi connectivity index (χ3v) is 2.90. The van der Waals surface area contributed by atoms with E-state index in [1.165, 1.54) is 0 Å². The van der Waals surface area contributed by atoms with Crippen molar-refractivity contribution in [1.29, 1.82) is 0 Å². The van der Waals surface area contributed by atoms with Gasteiger partial charge in [-0.3, -0.25) is 15.1 Å². The molecule has 1 N–H and O–H groups in total. The van der Waals surface area contributed by atoms with Crippen molar-refractivity contribution in [3.63, 3.8) is 0 Å². The smallest absolute Gasteiger partial charge is 0.268 e. The summed E-state index contributed by atoms with van der Waals surface area (Å²) in [6, 6.07) is 7.70. The molecule has 1 aromatic carbocycles. The summed E-state index contributed by atoms with van der Waals surface area (Å²) in [5, 5.41) is 6.71. The number of hydrazine groups is 1. The Labute approximate surface area is 103 Å². The Balaban J connectivity index is 0.000000686. The highest BCUT2D eigenvalue weighted by Gasteiger charge is 2.32. The van der Waals surface area contributed by atoms with Crippen molar-refractivity contribution in [1.82, 2.24) is 15.3 Å². The molecule has 0 fully saturated rings. The lowest BCUT2D eigenvalue weighted by Crippen LogP contribution is -2.51. The minimum atomic E-state index is 0.0413. The lowest BCUT2D eigenvalue weighted by molar-refractivity contribution is -0.0201. The molecule has 17 heavy (non-hydrogen) atoms. The van der Waals surface area contributed by atoms with E-state index < -0.39 is 0 Å². The monoisotopic (exact) mass is 235 g/mol. The molecule has 0 saturated carbocycles. The average Bonchev–Trinajstić information content (AvgIpc) is 2.39. The Morgan fingerprint density at radius 3 is 2.35 bits per heavy atom. The van der Waals surface area contributed by atoms with Gasteiger partial charge in [0, 0.05) is 19.7 Å². The van der Waals surface area contributed by atoms with Crippen LogP contribution in [0.2, 0.25) is 0 Å². The molecule has 1 amide bonds. The number of carbonyl (C=O) groups is 1. The summed E-state index contributed by atoms with van der Waals surface area (Å²) < 4.78 is 0. The first-order valence-electron chi connectivity index (χ1n) is 5.94. The Morgan fingerprint density at radius 2 is 1.76 bits per heavy atom. The van der Waals surface area contributed by atoms with Crippen molar-refractivity contribution < 1.29 is 4.79 Å². The van der Waals surface area contributed by atoms with Crippen LogP contribution in [0.4, 0.5) is 0 Å². The summed E-state index contributed by atoms with van der Waals surface area (Å²) in [5.74, 6) is 0.0413. The molecule has 1 aliphatic rings. The van der Waals surface area contributed by atoms with Crippen molar-refractivity contribution >= 4 is 5.91 Å². The van der Waals surface area contributed by atoms with Crippen molar-refractivity contribution in [3.05, 3.63) is 35.4 Å². The number of rotatable bonds is 1. The van der Waals surface area contributed by atoms with Gasteiger partial charge in [0.25, 0.3) is 5.91 Å². The molecule has 0 bridgehead atoms. The summed E-state index contributed by atoms with van der Waals surface area (Å²) in [4.78, 5) is 11.9. The summed E-state index contributed by atoms with van der Waals surface area (Å²) in [6.45, 7) is 4.00. The standard InChI is InChI=1S/C11H15N3O.C2H6/c1-12-10-8-6-4-5-7-9(8)11(15)14(3)13(10)2;1-2/h4-7,10,12H,1-3H3;1-2H3. The normalized spacial score (nSPS) is 19.5. The van der Waals surface area contributed by atoms with Gasteiger partial charge in [-0.15, -0.1) is 0 Å². The van der Waals surface area contributed by atoms with Gasteiger partial charge in [0.2, 0.25) is 0 Å². The van der Waals surface area contributed by atoms with Gasteiger partial charge in [-0.1, -0.05) is 32.0 Å².